The molecule has 0 atom stereocenters. The third-order valence-corrected chi connectivity index (χ3v) is 3.93. The van der Waals surface area contributed by atoms with Gasteiger partial charge in [-0.25, -0.2) is 12.8 Å². The molecule has 98 valence electrons. The van der Waals surface area contributed by atoms with Crippen LogP contribution >= 0.6 is 26.6 Å². The number of unbranched alkanes of at least 4 members (excludes halogenated alkanes) is 1. The maximum Gasteiger partial charge on any atom is 0.264 e. The molecule has 0 bridgehead atoms. The maximum atomic E-state index is 13.5. The van der Waals surface area contributed by atoms with Crippen molar-refractivity contribution in [2.75, 3.05) is 6.61 Å². The first-order chi connectivity index (χ1) is 8.36. The second kappa shape index (κ2) is 6.41. The molecule has 0 N–H and O–H groups in total. The predicted molar refractivity (Wildman–Crippen MR) is 70.7 cm³/mol. The van der Waals surface area contributed by atoms with E-state index in [4.69, 9.17) is 21.8 Å². The molecule has 0 aliphatic carbocycles. The molecule has 0 aliphatic heterocycles. The Morgan fingerprint density at radius 3 is 2.72 bits per heavy atom. The predicted octanol–water partition coefficient (Wildman–Crippen LogP) is 3.31. The highest BCUT2D eigenvalue weighted by Crippen LogP contribution is 2.31. The van der Waals surface area contributed by atoms with Crippen LogP contribution in [0, 0.1) is 18.2 Å². The molecule has 7 heteroatoms. The van der Waals surface area contributed by atoms with E-state index in [1.54, 1.807) is 0 Å². The van der Waals surface area contributed by atoms with Crippen LogP contribution < -0.4 is 4.74 Å². The molecule has 0 spiro atoms. The van der Waals surface area contributed by atoms with Crippen molar-refractivity contribution >= 4 is 35.7 Å². The molecule has 0 saturated carbocycles. The largest absolute Gasteiger partial charge is 0.492 e. The number of benzene rings is 1. The lowest BCUT2D eigenvalue weighted by Gasteiger charge is -2.09. The van der Waals surface area contributed by atoms with Gasteiger partial charge in [0.1, 0.15) is 16.5 Å². The fourth-order valence-corrected chi connectivity index (χ4v) is 2.68. The fourth-order valence-electron chi connectivity index (χ4n) is 1.16. The van der Waals surface area contributed by atoms with Crippen molar-refractivity contribution in [3.8, 4) is 18.1 Å². The molecule has 0 saturated heterocycles. The highest BCUT2D eigenvalue weighted by molar-refractivity contribution is 9.10. The second-order valence-electron chi connectivity index (χ2n) is 3.31. The fraction of sp³-hybridized carbons (Fsp3) is 0.273. The van der Waals surface area contributed by atoms with Crippen LogP contribution in [0.25, 0.3) is 0 Å². The summed E-state index contributed by atoms with van der Waals surface area (Å²) in [4.78, 5) is -0.591. The van der Waals surface area contributed by atoms with Crippen LogP contribution in [0.1, 0.15) is 12.8 Å². The van der Waals surface area contributed by atoms with Gasteiger partial charge in [0.15, 0.2) is 0 Å². The van der Waals surface area contributed by atoms with E-state index in [9.17, 15) is 12.8 Å². The molecule has 1 rings (SSSR count). The Morgan fingerprint density at radius 1 is 1.50 bits per heavy atom. The van der Waals surface area contributed by atoms with E-state index in [2.05, 4.69) is 21.9 Å². The van der Waals surface area contributed by atoms with Crippen molar-refractivity contribution in [3.05, 3.63) is 22.4 Å². The minimum absolute atomic E-state index is 0.202. The summed E-state index contributed by atoms with van der Waals surface area (Å²) in [5.41, 5.74) is 0. The first-order valence-corrected chi connectivity index (χ1v) is 7.96. The molecular formula is C11H9BrClFO3S. The van der Waals surface area contributed by atoms with Crippen LogP contribution in [0.5, 0.6) is 5.75 Å². The van der Waals surface area contributed by atoms with Crippen LogP contribution in [0.2, 0.25) is 0 Å². The second-order valence-corrected chi connectivity index (χ2v) is 6.70. The van der Waals surface area contributed by atoms with Crippen molar-refractivity contribution < 1.29 is 17.5 Å². The normalized spacial score (nSPS) is 11.0. The maximum absolute atomic E-state index is 13.5. The summed E-state index contributed by atoms with van der Waals surface area (Å²) < 4.78 is 41.2. The van der Waals surface area contributed by atoms with Crippen molar-refractivity contribution in [1.82, 2.24) is 0 Å². The average Bonchev–Trinajstić information content (AvgIpc) is 2.27. The average molecular weight is 356 g/mol. The van der Waals surface area contributed by atoms with E-state index >= 15 is 0 Å². The summed E-state index contributed by atoms with van der Waals surface area (Å²) in [6, 6.07) is 2.03. The standard InChI is InChI=1S/C11H9BrClFO3S/c1-2-3-4-5-17-10-7-9(14)11(6-8(10)12)18(13,15)16/h1,6-7H,3-5H2. The number of terminal acetylenes is 1. The Bertz CT molecular complexity index is 581. The Morgan fingerprint density at radius 2 is 2.17 bits per heavy atom. The van der Waals surface area contributed by atoms with Gasteiger partial charge in [-0.1, -0.05) is 0 Å². The van der Waals surface area contributed by atoms with E-state index in [-0.39, 0.29) is 5.75 Å². The van der Waals surface area contributed by atoms with Crippen molar-refractivity contribution in [1.29, 1.82) is 0 Å². The van der Waals surface area contributed by atoms with Crippen LogP contribution in [0.15, 0.2) is 21.5 Å². The summed E-state index contributed by atoms with van der Waals surface area (Å²) in [6.07, 6.45) is 6.25. The third kappa shape index (κ3) is 4.16. The van der Waals surface area contributed by atoms with Crippen molar-refractivity contribution in [2.24, 2.45) is 0 Å². The molecular weight excluding hydrogens is 347 g/mol. The molecule has 0 radical (unpaired) electrons. The lowest BCUT2D eigenvalue weighted by molar-refractivity contribution is 0.309. The van der Waals surface area contributed by atoms with Gasteiger partial charge in [0, 0.05) is 23.2 Å². The van der Waals surface area contributed by atoms with E-state index < -0.39 is 19.8 Å². The zero-order valence-electron chi connectivity index (χ0n) is 9.12. The molecule has 0 amide bonds. The van der Waals surface area contributed by atoms with Crippen LogP contribution in [-0.4, -0.2) is 15.0 Å². The van der Waals surface area contributed by atoms with Gasteiger partial charge < -0.3 is 4.74 Å². The van der Waals surface area contributed by atoms with Crippen molar-refractivity contribution in [3.63, 3.8) is 0 Å². The summed E-state index contributed by atoms with van der Waals surface area (Å²) in [5.74, 6) is 1.69. The Balaban J connectivity index is 2.91. The van der Waals surface area contributed by atoms with E-state index in [1.165, 1.54) is 0 Å². The highest BCUT2D eigenvalue weighted by Gasteiger charge is 2.19. The Labute approximate surface area is 118 Å². The van der Waals surface area contributed by atoms with Gasteiger partial charge in [0.2, 0.25) is 0 Å². The first-order valence-electron chi connectivity index (χ1n) is 4.86. The smallest absolute Gasteiger partial charge is 0.264 e. The van der Waals surface area contributed by atoms with Crippen molar-refractivity contribution in [2.45, 2.75) is 17.7 Å². The quantitative estimate of drug-likeness (QED) is 0.462. The summed E-state index contributed by atoms with van der Waals surface area (Å²) in [6.45, 7) is 0.315. The molecule has 0 aromatic heterocycles. The highest BCUT2D eigenvalue weighted by atomic mass is 79.9. The molecule has 3 nitrogen and oxygen atoms in total. The van der Waals surface area contributed by atoms with Gasteiger partial charge in [0.25, 0.3) is 9.05 Å². The molecule has 18 heavy (non-hydrogen) atoms. The SMILES string of the molecule is C#CCCCOc1cc(F)c(S(=O)(=O)Cl)cc1Br. The molecule has 0 aliphatic rings. The van der Waals surface area contributed by atoms with Gasteiger partial charge in [-0.2, -0.15) is 0 Å². The third-order valence-electron chi connectivity index (χ3n) is 1.97. The van der Waals surface area contributed by atoms with Gasteiger partial charge in [-0.05, 0) is 28.4 Å². The summed E-state index contributed by atoms with van der Waals surface area (Å²) in [5, 5.41) is 0. The summed E-state index contributed by atoms with van der Waals surface area (Å²) >= 11 is 3.09. The Kier molecular flexibility index (Phi) is 5.45. The van der Waals surface area contributed by atoms with Gasteiger partial charge in [0.05, 0.1) is 11.1 Å². The van der Waals surface area contributed by atoms with Crippen LogP contribution in [-0.2, 0) is 9.05 Å². The molecule has 0 fully saturated rings. The lowest BCUT2D eigenvalue weighted by atomic mass is 10.3. The number of ether oxygens (including phenoxy) is 1. The first kappa shape index (κ1) is 15.3. The molecule has 1 aromatic carbocycles. The van der Waals surface area contributed by atoms with E-state index in [1.807, 2.05) is 0 Å². The zero-order valence-corrected chi connectivity index (χ0v) is 12.3. The van der Waals surface area contributed by atoms with E-state index in [0.29, 0.717) is 23.9 Å². The number of halogens is 3. The number of hydrogen-bond donors (Lipinski definition) is 0. The molecule has 0 heterocycles. The topological polar surface area (TPSA) is 43.4 Å². The minimum Gasteiger partial charge on any atom is -0.492 e. The zero-order chi connectivity index (χ0) is 13.8. The molecule has 0 unspecified atom stereocenters. The number of rotatable bonds is 5. The van der Waals surface area contributed by atoms with Gasteiger partial charge in [-0.3, -0.25) is 0 Å². The minimum atomic E-state index is -4.12. The number of hydrogen-bond acceptors (Lipinski definition) is 3. The van der Waals surface area contributed by atoms with Crippen LogP contribution in [0.4, 0.5) is 4.39 Å². The monoisotopic (exact) mass is 354 g/mol. The van der Waals surface area contributed by atoms with Gasteiger partial charge in [-0.15, -0.1) is 12.3 Å². The lowest BCUT2D eigenvalue weighted by Crippen LogP contribution is -2.01. The Hall–Kier alpha value is -0.770. The van der Waals surface area contributed by atoms with E-state index in [0.717, 1.165) is 12.1 Å². The molecule has 1 aromatic rings. The van der Waals surface area contributed by atoms with Gasteiger partial charge >= 0.3 is 0 Å². The van der Waals surface area contributed by atoms with Crippen LogP contribution in [0.3, 0.4) is 0 Å². The summed E-state index contributed by atoms with van der Waals surface area (Å²) in [7, 11) is 0.965.